The van der Waals surface area contributed by atoms with E-state index >= 15 is 0 Å². The SMILES string of the molecule is O=C(c1cccc(C(=O)n2nc(C3CCCN(S(=O)(=O)N4CCCC4)C3)nc2NCc2ccc(Cl)s2)c1Cl)C(O)c1ccccc1. The fraction of sp³-hybridized carbons (Fsp3) is 0.355. The molecule has 0 bridgehead atoms. The van der Waals surface area contributed by atoms with Crippen LogP contribution in [0.5, 0.6) is 0 Å². The molecule has 46 heavy (non-hydrogen) atoms. The lowest BCUT2D eigenvalue weighted by molar-refractivity contribution is 0.0747. The van der Waals surface area contributed by atoms with Crippen molar-refractivity contribution in [2.75, 3.05) is 31.5 Å². The number of carbonyl (C=O) groups is 2. The highest BCUT2D eigenvalue weighted by Crippen LogP contribution is 2.32. The molecule has 11 nitrogen and oxygen atoms in total. The Morgan fingerprint density at radius 2 is 1.67 bits per heavy atom. The zero-order chi connectivity index (χ0) is 32.4. The minimum absolute atomic E-state index is 0.00618. The summed E-state index contributed by atoms with van der Waals surface area (Å²) in [4.78, 5) is 32.9. The van der Waals surface area contributed by atoms with Gasteiger partial charge in [0.05, 0.1) is 21.5 Å². The van der Waals surface area contributed by atoms with Crippen LogP contribution in [-0.2, 0) is 16.8 Å². The molecule has 2 saturated heterocycles. The Hall–Kier alpha value is -3.17. The fourth-order valence-corrected chi connectivity index (χ4v) is 8.85. The number of anilines is 1. The molecule has 0 radical (unpaired) electrons. The lowest BCUT2D eigenvalue weighted by Gasteiger charge is -2.33. The Balaban J connectivity index is 1.31. The molecule has 2 fully saturated rings. The molecule has 2 aromatic carbocycles. The number of ketones is 1. The van der Waals surface area contributed by atoms with Crippen molar-refractivity contribution in [1.82, 2.24) is 23.4 Å². The molecule has 0 saturated carbocycles. The monoisotopic (exact) mass is 702 g/mol. The lowest BCUT2D eigenvalue weighted by Crippen LogP contribution is -2.46. The highest BCUT2D eigenvalue weighted by atomic mass is 35.5. The van der Waals surface area contributed by atoms with Gasteiger partial charge in [0.15, 0.2) is 11.6 Å². The van der Waals surface area contributed by atoms with Crippen molar-refractivity contribution >= 4 is 62.4 Å². The van der Waals surface area contributed by atoms with E-state index in [0.29, 0.717) is 54.7 Å². The van der Waals surface area contributed by atoms with Gasteiger partial charge in [-0.25, -0.2) is 0 Å². The fourth-order valence-electron chi connectivity index (χ4n) is 5.75. The van der Waals surface area contributed by atoms with E-state index in [0.717, 1.165) is 22.4 Å². The third-order valence-electron chi connectivity index (χ3n) is 8.19. The molecule has 6 rings (SSSR count). The highest BCUT2D eigenvalue weighted by molar-refractivity contribution is 7.86. The molecule has 2 atom stereocenters. The van der Waals surface area contributed by atoms with Crippen molar-refractivity contribution < 1.29 is 23.1 Å². The minimum Gasteiger partial charge on any atom is -0.380 e. The molecular formula is C31H32Cl2N6O5S2. The van der Waals surface area contributed by atoms with Gasteiger partial charge >= 0.3 is 0 Å². The summed E-state index contributed by atoms with van der Waals surface area (Å²) >= 11 is 14.2. The average Bonchev–Trinajstić information content (AvgIpc) is 3.85. The first-order valence-electron chi connectivity index (χ1n) is 14.9. The first-order chi connectivity index (χ1) is 22.1. The average molecular weight is 704 g/mol. The Labute approximate surface area is 280 Å². The van der Waals surface area contributed by atoms with Crippen LogP contribution in [0.25, 0.3) is 0 Å². The van der Waals surface area contributed by atoms with Crippen LogP contribution in [0.4, 0.5) is 5.95 Å². The van der Waals surface area contributed by atoms with Crippen LogP contribution < -0.4 is 5.32 Å². The van der Waals surface area contributed by atoms with Crippen molar-refractivity contribution in [2.24, 2.45) is 0 Å². The molecule has 0 aliphatic carbocycles. The summed E-state index contributed by atoms with van der Waals surface area (Å²) < 4.78 is 31.4. The summed E-state index contributed by atoms with van der Waals surface area (Å²) in [6, 6.07) is 16.5. The van der Waals surface area contributed by atoms with Crippen molar-refractivity contribution in [1.29, 1.82) is 0 Å². The maximum atomic E-state index is 14.0. The number of hydrogen-bond donors (Lipinski definition) is 2. The molecule has 2 aromatic heterocycles. The van der Waals surface area contributed by atoms with Crippen LogP contribution >= 0.6 is 34.5 Å². The van der Waals surface area contributed by atoms with Gasteiger partial charge in [-0.1, -0.05) is 59.6 Å². The number of aliphatic hydroxyl groups is 1. The second-order valence-electron chi connectivity index (χ2n) is 11.2. The van der Waals surface area contributed by atoms with Gasteiger partial charge in [0.1, 0.15) is 6.10 Å². The standard InChI is InChI=1S/C31H32Cl2N6O5S2/c32-25-14-13-22(45-25)18-34-31-35-29(21-10-7-17-38(19-21)46(43,44)37-15-4-5-16-37)36-39(31)30(42)24-12-6-11-23(26(24)33)28(41)27(40)20-8-2-1-3-9-20/h1-3,6,8-9,11-14,21,27,40H,4-5,7,10,15-19H2,(H,34,35,36). The van der Waals surface area contributed by atoms with Gasteiger partial charge in [-0.05, 0) is 55.5 Å². The number of benzene rings is 2. The summed E-state index contributed by atoms with van der Waals surface area (Å²) in [5, 5.41) is 18.4. The quantitative estimate of drug-likeness (QED) is 0.210. The Kier molecular flexibility index (Phi) is 9.90. The second kappa shape index (κ2) is 13.9. The molecule has 2 unspecified atom stereocenters. The van der Waals surface area contributed by atoms with Gasteiger partial charge in [-0.15, -0.1) is 16.4 Å². The number of rotatable bonds is 10. The lowest BCUT2D eigenvalue weighted by atomic mass is 9.98. The van der Waals surface area contributed by atoms with Crippen LogP contribution in [0.2, 0.25) is 9.36 Å². The molecule has 4 aromatic rings. The molecule has 0 amide bonds. The van der Waals surface area contributed by atoms with E-state index in [9.17, 15) is 23.1 Å². The Bertz CT molecular complexity index is 1840. The number of carbonyl (C=O) groups excluding carboxylic acids is 2. The molecule has 242 valence electrons. The topological polar surface area (TPSA) is 138 Å². The van der Waals surface area contributed by atoms with Gasteiger partial charge in [-0.3, -0.25) is 9.59 Å². The van der Waals surface area contributed by atoms with Gasteiger partial charge in [0.2, 0.25) is 5.95 Å². The van der Waals surface area contributed by atoms with Gasteiger partial charge in [0, 0.05) is 42.5 Å². The van der Waals surface area contributed by atoms with Gasteiger partial charge < -0.3 is 10.4 Å². The number of halogens is 2. The van der Waals surface area contributed by atoms with E-state index in [1.54, 1.807) is 36.4 Å². The smallest absolute Gasteiger partial charge is 0.282 e. The van der Waals surface area contributed by atoms with Gasteiger partial charge in [-0.2, -0.15) is 26.7 Å². The zero-order valence-corrected chi connectivity index (χ0v) is 27.8. The van der Waals surface area contributed by atoms with E-state index in [1.807, 2.05) is 6.07 Å². The predicted octanol–water partition coefficient (Wildman–Crippen LogP) is 5.38. The van der Waals surface area contributed by atoms with Crippen LogP contribution in [0.3, 0.4) is 0 Å². The molecule has 15 heteroatoms. The third-order valence-corrected chi connectivity index (χ3v) is 11.8. The van der Waals surface area contributed by atoms with Crippen LogP contribution in [0.15, 0.2) is 60.7 Å². The molecule has 2 N–H and O–H groups in total. The molecule has 4 heterocycles. The van der Waals surface area contributed by atoms with E-state index in [-0.39, 0.29) is 34.6 Å². The molecule has 2 aliphatic heterocycles. The van der Waals surface area contributed by atoms with Gasteiger partial charge in [0.25, 0.3) is 16.1 Å². The summed E-state index contributed by atoms with van der Waals surface area (Å²) in [7, 11) is -3.61. The van der Waals surface area contributed by atoms with E-state index in [2.05, 4.69) is 15.4 Å². The zero-order valence-electron chi connectivity index (χ0n) is 24.7. The van der Waals surface area contributed by atoms with Crippen LogP contribution in [-0.4, -0.2) is 74.8 Å². The van der Waals surface area contributed by atoms with Crippen molar-refractivity contribution in [3.63, 3.8) is 0 Å². The van der Waals surface area contributed by atoms with Crippen molar-refractivity contribution in [2.45, 2.75) is 44.2 Å². The van der Waals surface area contributed by atoms with Crippen LogP contribution in [0, 0.1) is 0 Å². The van der Waals surface area contributed by atoms with E-state index < -0.39 is 28.0 Å². The Morgan fingerprint density at radius 3 is 2.39 bits per heavy atom. The highest BCUT2D eigenvalue weighted by Gasteiger charge is 2.37. The number of nitrogens with zero attached hydrogens (tertiary/aromatic N) is 5. The first-order valence-corrected chi connectivity index (χ1v) is 17.9. The number of hydrogen-bond acceptors (Lipinski definition) is 9. The number of aliphatic hydroxyl groups excluding tert-OH is 1. The van der Waals surface area contributed by atoms with E-state index in [4.69, 9.17) is 23.2 Å². The summed E-state index contributed by atoms with van der Waals surface area (Å²) in [5.74, 6) is -1.18. The van der Waals surface area contributed by atoms with Crippen LogP contribution in [0.1, 0.15) is 74.7 Å². The van der Waals surface area contributed by atoms with Crippen molar-refractivity contribution in [3.05, 3.63) is 97.4 Å². The third kappa shape index (κ3) is 6.77. The number of piperidine rings is 1. The molecule has 2 aliphatic rings. The predicted molar refractivity (Wildman–Crippen MR) is 177 cm³/mol. The number of Topliss-reactive ketones (excluding diaryl/α,β-unsaturated/α-hetero) is 1. The number of thiophene rings is 1. The second-order valence-corrected chi connectivity index (χ2v) is 15.3. The minimum atomic E-state index is -3.61. The van der Waals surface area contributed by atoms with E-state index in [1.165, 1.54) is 38.1 Å². The number of nitrogens with one attached hydrogen (secondary N) is 1. The Morgan fingerprint density at radius 1 is 0.957 bits per heavy atom. The summed E-state index contributed by atoms with van der Waals surface area (Å²) in [6.45, 7) is 1.93. The maximum absolute atomic E-state index is 14.0. The first kappa shape index (κ1) is 32.8. The normalized spacial score (nSPS) is 18.5. The largest absolute Gasteiger partial charge is 0.380 e. The molecule has 0 spiro atoms. The summed E-state index contributed by atoms with van der Waals surface area (Å²) in [5.41, 5.74) is 0.380. The van der Waals surface area contributed by atoms with Crippen molar-refractivity contribution in [3.8, 4) is 0 Å². The summed E-state index contributed by atoms with van der Waals surface area (Å²) in [6.07, 6.45) is 1.48. The number of aromatic nitrogens is 3. The maximum Gasteiger partial charge on any atom is 0.282 e. The molecular weight excluding hydrogens is 671 g/mol.